The summed E-state index contributed by atoms with van der Waals surface area (Å²) in [6, 6.07) is 0.270. The molecule has 0 aromatic heterocycles. The van der Waals surface area contributed by atoms with E-state index in [0.717, 1.165) is 25.0 Å². The fourth-order valence-corrected chi connectivity index (χ4v) is 3.05. The molecule has 0 radical (unpaired) electrons. The Bertz CT molecular complexity index is 326. The number of hydrogen-bond acceptors (Lipinski definition) is 3. The van der Waals surface area contributed by atoms with Crippen molar-refractivity contribution in [3.8, 4) is 0 Å². The van der Waals surface area contributed by atoms with Crippen molar-refractivity contribution in [2.75, 3.05) is 46.4 Å². The average Bonchev–Trinajstić information content (AvgIpc) is 2.45. The van der Waals surface area contributed by atoms with Gasteiger partial charge >= 0.3 is 0 Å². The third-order valence-corrected chi connectivity index (χ3v) is 3.88. The van der Waals surface area contributed by atoms with Crippen molar-refractivity contribution in [1.82, 2.24) is 15.5 Å². The van der Waals surface area contributed by atoms with E-state index in [-0.39, 0.29) is 30.0 Å². The van der Waals surface area contributed by atoms with Gasteiger partial charge in [-0.2, -0.15) is 0 Å². The summed E-state index contributed by atoms with van der Waals surface area (Å²) in [6.07, 6.45) is 2.60. The van der Waals surface area contributed by atoms with E-state index in [9.17, 15) is 0 Å². The number of rotatable bonds is 8. The lowest BCUT2D eigenvalue weighted by atomic mass is 9.97. The van der Waals surface area contributed by atoms with E-state index >= 15 is 0 Å². The van der Waals surface area contributed by atoms with Gasteiger partial charge in [0.05, 0.1) is 6.61 Å². The Morgan fingerprint density at radius 1 is 1.35 bits per heavy atom. The number of halogens is 1. The van der Waals surface area contributed by atoms with Crippen LogP contribution in [-0.2, 0) is 4.74 Å². The Kier molecular flexibility index (Phi) is 13.2. The summed E-state index contributed by atoms with van der Waals surface area (Å²) in [7, 11) is 1.73. The molecule has 0 amide bonds. The monoisotopic (exact) mass is 440 g/mol. The molecule has 0 spiro atoms. The van der Waals surface area contributed by atoms with E-state index in [1.54, 1.807) is 7.11 Å². The van der Waals surface area contributed by atoms with E-state index < -0.39 is 0 Å². The summed E-state index contributed by atoms with van der Waals surface area (Å²) in [5.74, 6) is 2.34. The molecule has 0 aromatic rings. The van der Waals surface area contributed by atoms with Gasteiger partial charge in [-0.05, 0) is 45.1 Å². The van der Waals surface area contributed by atoms with Gasteiger partial charge in [-0.25, -0.2) is 0 Å². The maximum absolute atomic E-state index is 5.18. The molecule has 2 N–H and O–H groups in total. The first-order valence-corrected chi connectivity index (χ1v) is 8.81. The minimum Gasteiger partial charge on any atom is -0.383 e. The van der Waals surface area contributed by atoms with E-state index in [2.05, 4.69) is 43.2 Å². The number of nitrogens with zero attached hydrogens (tertiary/aromatic N) is 2. The molecule has 138 valence electrons. The number of nitrogens with one attached hydrogen (secondary N) is 2. The smallest absolute Gasteiger partial charge is 0.191 e. The van der Waals surface area contributed by atoms with Crippen LogP contribution in [0.3, 0.4) is 0 Å². The zero-order valence-corrected chi connectivity index (χ0v) is 17.9. The molecule has 23 heavy (non-hydrogen) atoms. The lowest BCUT2D eigenvalue weighted by molar-refractivity contribution is 0.162. The Labute approximate surface area is 160 Å². The summed E-state index contributed by atoms with van der Waals surface area (Å²) >= 11 is 0. The molecule has 2 atom stereocenters. The lowest BCUT2D eigenvalue weighted by Gasteiger charge is -2.33. The highest BCUT2D eigenvalue weighted by atomic mass is 127. The Hall–Kier alpha value is -0.0800. The summed E-state index contributed by atoms with van der Waals surface area (Å²) in [6.45, 7) is 14.9. The second-order valence-corrected chi connectivity index (χ2v) is 6.88. The first-order chi connectivity index (χ1) is 10.5. The van der Waals surface area contributed by atoms with Crippen LogP contribution in [0.5, 0.6) is 0 Å². The van der Waals surface area contributed by atoms with Crippen LogP contribution < -0.4 is 10.6 Å². The summed E-state index contributed by atoms with van der Waals surface area (Å²) in [5.41, 5.74) is 0. The van der Waals surface area contributed by atoms with E-state index in [0.29, 0.717) is 12.5 Å². The predicted octanol–water partition coefficient (Wildman–Crippen LogP) is 2.56. The molecule has 0 aliphatic carbocycles. The highest BCUT2D eigenvalue weighted by molar-refractivity contribution is 14.0. The predicted molar refractivity (Wildman–Crippen MR) is 110 cm³/mol. The third-order valence-electron chi connectivity index (χ3n) is 3.88. The van der Waals surface area contributed by atoms with E-state index in [4.69, 9.17) is 9.73 Å². The normalized spacial score (nSPS) is 21.0. The van der Waals surface area contributed by atoms with Gasteiger partial charge in [0.15, 0.2) is 5.96 Å². The van der Waals surface area contributed by atoms with Crippen LogP contribution in [0, 0.1) is 11.8 Å². The molecule has 6 heteroatoms. The van der Waals surface area contributed by atoms with Crippen molar-refractivity contribution in [2.24, 2.45) is 16.8 Å². The van der Waals surface area contributed by atoms with E-state index in [1.807, 2.05) is 0 Å². The van der Waals surface area contributed by atoms with Crippen LogP contribution >= 0.6 is 24.0 Å². The third kappa shape index (κ3) is 10.4. The molecule has 1 fully saturated rings. The SMILES string of the molecule is CCNC(=NCC1CCCN(CC(C)C)C1)NC(C)COC.I. The maximum Gasteiger partial charge on any atom is 0.191 e. The van der Waals surface area contributed by atoms with Crippen LogP contribution in [0.25, 0.3) is 0 Å². The second-order valence-electron chi connectivity index (χ2n) is 6.88. The molecule has 1 aliphatic heterocycles. The van der Waals surface area contributed by atoms with Crippen LogP contribution in [0.4, 0.5) is 0 Å². The molecular formula is C17H37IN4O. The van der Waals surface area contributed by atoms with Crippen molar-refractivity contribution >= 4 is 29.9 Å². The Morgan fingerprint density at radius 2 is 2.09 bits per heavy atom. The fourth-order valence-electron chi connectivity index (χ4n) is 3.05. The van der Waals surface area contributed by atoms with Crippen LogP contribution in [0.1, 0.15) is 40.5 Å². The molecule has 0 saturated carbocycles. The molecule has 0 bridgehead atoms. The van der Waals surface area contributed by atoms with Crippen LogP contribution in [0.15, 0.2) is 4.99 Å². The van der Waals surface area contributed by atoms with Crippen molar-refractivity contribution in [3.05, 3.63) is 0 Å². The van der Waals surface area contributed by atoms with Gasteiger partial charge in [0, 0.05) is 39.3 Å². The molecule has 2 unspecified atom stereocenters. The van der Waals surface area contributed by atoms with Gasteiger partial charge in [-0.1, -0.05) is 13.8 Å². The molecule has 1 rings (SSSR count). The first-order valence-electron chi connectivity index (χ1n) is 8.81. The van der Waals surface area contributed by atoms with Gasteiger partial charge in [-0.15, -0.1) is 24.0 Å². The summed E-state index contributed by atoms with van der Waals surface area (Å²) in [5, 5.41) is 6.73. The van der Waals surface area contributed by atoms with Gasteiger partial charge < -0.3 is 20.3 Å². The zero-order chi connectivity index (χ0) is 16.4. The summed E-state index contributed by atoms with van der Waals surface area (Å²) in [4.78, 5) is 7.38. The minimum atomic E-state index is 0. The topological polar surface area (TPSA) is 48.9 Å². The number of guanidine groups is 1. The quantitative estimate of drug-likeness (QED) is 0.346. The van der Waals surface area contributed by atoms with Crippen molar-refractivity contribution in [2.45, 2.75) is 46.6 Å². The number of hydrogen-bond donors (Lipinski definition) is 2. The number of methoxy groups -OCH3 is 1. The maximum atomic E-state index is 5.18. The molecule has 0 aromatic carbocycles. The van der Waals surface area contributed by atoms with Gasteiger partial charge in [0.2, 0.25) is 0 Å². The minimum absolute atomic E-state index is 0. The van der Waals surface area contributed by atoms with Crippen LogP contribution in [-0.4, -0.2) is 63.3 Å². The summed E-state index contributed by atoms with van der Waals surface area (Å²) < 4.78 is 5.18. The van der Waals surface area contributed by atoms with Gasteiger partial charge in [-0.3, -0.25) is 4.99 Å². The molecule has 5 nitrogen and oxygen atoms in total. The molecule has 1 saturated heterocycles. The number of ether oxygens (including phenoxy) is 1. The van der Waals surface area contributed by atoms with Gasteiger partial charge in [0.25, 0.3) is 0 Å². The standard InChI is InChI=1S/C17H36N4O.HI/c1-6-18-17(20-15(4)13-22-5)19-10-16-8-7-9-21(12-16)11-14(2)3;/h14-16H,6-13H2,1-5H3,(H2,18,19,20);1H. The number of aliphatic imine (C=N–C) groups is 1. The highest BCUT2D eigenvalue weighted by Gasteiger charge is 2.20. The van der Waals surface area contributed by atoms with Crippen LogP contribution in [0.2, 0.25) is 0 Å². The largest absolute Gasteiger partial charge is 0.383 e. The Morgan fingerprint density at radius 3 is 2.70 bits per heavy atom. The first kappa shape index (κ1) is 22.9. The van der Waals surface area contributed by atoms with Gasteiger partial charge in [0.1, 0.15) is 0 Å². The van der Waals surface area contributed by atoms with Crippen molar-refractivity contribution in [3.63, 3.8) is 0 Å². The van der Waals surface area contributed by atoms with E-state index in [1.165, 1.54) is 32.5 Å². The number of piperidine rings is 1. The number of likely N-dealkylation sites (tertiary alicyclic amines) is 1. The van der Waals surface area contributed by atoms with Crippen molar-refractivity contribution in [1.29, 1.82) is 0 Å². The molecule has 1 aliphatic rings. The molecule has 1 heterocycles. The fraction of sp³-hybridized carbons (Fsp3) is 0.941. The highest BCUT2D eigenvalue weighted by Crippen LogP contribution is 2.17. The zero-order valence-electron chi connectivity index (χ0n) is 15.6. The Balaban J connectivity index is 0.00000484. The van der Waals surface area contributed by atoms with Crippen molar-refractivity contribution < 1.29 is 4.74 Å². The lowest BCUT2D eigenvalue weighted by Crippen LogP contribution is -2.44. The molecular weight excluding hydrogens is 403 g/mol. The average molecular weight is 440 g/mol. The second kappa shape index (κ2) is 13.2.